The van der Waals surface area contributed by atoms with Gasteiger partial charge in [-0.25, -0.2) is 0 Å². The standard InChI is InChI=1S/C21H26N2O2/c1-5-6-11-22-20-12-16(2)21(17(3)13-20)25-15-19-9-7-18(8-10-19)14-23-24-4/h5-10,12-14,22H,11,15H2,1-4H3/b6-5+,23-14?. The van der Waals surface area contributed by atoms with Crippen LogP contribution in [0, 0.1) is 13.8 Å². The molecule has 0 bridgehead atoms. The van der Waals surface area contributed by atoms with Gasteiger partial charge in [0.2, 0.25) is 0 Å². The summed E-state index contributed by atoms with van der Waals surface area (Å²) in [6.07, 6.45) is 5.81. The van der Waals surface area contributed by atoms with Crippen LogP contribution in [0.2, 0.25) is 0 Å². The Balaban J connectivity index is 2.01. The van der Waals surface area contributed by atoms with Gasteiger partial charge in [0.15, 0.2) is 0 Å². The molecule has 0 radical (unpaired) electrons. The molecule has 0 atom stereocenters. The highest BCUT2D eigenvalue weighted by Crippen LogP contribution is 2.28. The minimum absolute atomic E-state index is 0.536. The van der Waals surface area contributed by atoms with Gasteiger partial charge in [0, 0.05) is 12.2 Å². The highest BCUT2D eigenvalue weighted by Gasteiger charge is 2.07. The maximum Gasteiger partial charge on any atom is 0.125 e. The van der Waals surface area contributed by atoms with Crippen molar-refractivity contribution in [3.63, 3.8) is 0 Å². The van der Waals surface area contributed by atoms with Crippen molar-refractivity contribution >= 4 is 11.9 Å². The molecule has 0 heterocycles. The molecule has 2 rings (SSSR count). The van der Waals surface area contributed by atoms with Gasteiger partial charge in [0.25, 0.3) is 0 Å². The first-order chi connectivity index (χ1) is 12.1. The number of benzene rings is 2. The summed E-state index contributed by atoms with van der Waals surface area (Å²) in [5.74, 6) is 0.946. The van der Waals surface area contributed by atoms with Crippen LogP contribution in [0.15, 0.2) is 53.7 Å². The van der Waals surface area contributed by atoms with Gasteiger partial charge in [0.05, 0.1) is 6.21 Å². The Hall–Kier alpha value is -2.75. The molecule has 0 aromatic heterocycles. The Labute approximate surface area is 150 Å². The van der Waals surface area contributed by atoms with Crippen molar-refractivity contribution in [3.05, 3.63) is 70.8 Å². The molecule has 2 aromatic rings. The number of hydrogen-bond acceptors (Lipinski definition) is 4. The Morgan fingerprint density at radius 3 is 2.36 bits per heavy atom. The fraction of sp³-hybridized carbons (Fsp3) is 0.286. The Morgan fingerprint density at radius 2 is 1.76 bits per heavy atom. The molecular formula is C21H26N2O2. The van der Waals surface area contributed by atoms with Crippen molar-refractivity contribution in [2.45, 2.75) is 27.4 Å². The van der Waals surface area contributed by atoms with Crippen LogP contribution < -0.4 is 10.1 Å². The lowest BCUT2D eigenvalue weighted by Crippen LogP contribution is -2.02. The van der Waals surface area contributed by atoms with Crippen LogP contribution in [-0.2, 0) is 11.4 Å². The summed E-state index contributed by atoms with van der Waals surface area (Å²) in [7, 11) is 1.53. The fourth-order valence-electron chi connectivity index (χ4n) is 2.54. The average Bonchev–Trinajstić information content (AvgIpc) is 2.60. The molecule has 0 saturated heterocycles. The second kappa shape index (κ2) is 9.52. The Bertz CT molecular complexity index is 711. The van der Waals surface area contributed by atoms with Gasteiger partial charge in [-0.3, -0.25) is 0 Å². The normalized spacial score (nSPS) is 11.2. The lowest BCUT2D eigenvalue weighted by molar-refractivity contribution is 0.215. The zero-order valence-corrected chi connectivity index (χ0v) is 15.4. The third-order valence-corrected chi connectivity index (χ3v) is 3.79. The van der Waals surface area contributed by atoms with E-state index in [2.05, 4.69) is 47.4 Å². The summed E-state index contributed by atoms with van der Waals surface area (Å²) in [6, 6.07) is 12.3. The van der Waals surface area contributed by atoms with E-state index in [-0.39, 0.29) is 0 Å². The van der Waals surface area contributed by atoms with E-state index in [0.29, 0.717) is 6.61 Å². The highest BCUT2D eigenvalue weighted by molar-refractivity contribution is 5.79. The third-order valence-electron chi connectivity index (χ3n) is 3.79. The van der Waals surface area contributed by atoms with Crippen LogP contribution in [-0.4, -0.2) is 19.9 Å². The van der Waals surface area contributed by atoms with Crippen LogP contribution in [0.25, 0.3) is 0 Å². The molecule has 0 aliphatic heterocycles. The number of anilines is 1. The topological polar surface area (TPSA) is 42.8 Å². The molecule has 0 spiro atoms. The van der Waals surface area contributed by atoms with Crippen LogP contribution in [0.4, 0.5) is 5.69 Å². The summed E-state index contributed by atoms with van der Waals surface area (Å²) < 4.78 is 6.06. The quantitative estimate of drug-likeness (QED) is 0.425. The second-order valence-corrected chi connectivity index (χ2v) is 5.84. The lowest BCUT2D eigenvalue weighted by Gasteiger charge is -2.15. The molecule has 0 saturated carbocycles. The van der Waals surface area contributed by atoms with Gasteiger partial charge >= 0.3 is 0 Å². The molecule has 0 amide bonds. The number of nitrogens with zero attached hydrogens (tertiary/aromatic N) is 1. The van der Waals surface area contributed by atoms with Gasteiger partial charge in [-0.05, 0) is 55.2 Å². The minimum Gasteiger partial charge on any atom is -0.488 e. The monoisotopic (exact) mass is 338 g/mol. The van der Waals surface area contributed by atoms with Crippen molar-refractivity contribution in [2.24, 2.45) is 5.16 Å². The van der Waals surface area contributed by atoms with E-state index >= 15 is 0 Å². The number of aryl methyl sites for hydroxylation is 2. The first-order valence-electron chi connectivity index (χ1n) is 8.38. The summed E-state index contributed by atoms with van der Waals surface area (Å²) in [4.78, 5) is 4.68. The lowest BCUT2D eigenvalue weighted by atomic mass is 10.1. The summed E-state index contributed by atoms with van der Waals surface area (Å²) >= 11 is 0. The maximum absolute atomic E-state index is 6.06. The molecular weight excluding hydrogens is 312 g/mol. The summed E-state index contributed by atoms with van der Waals surface area (Å²) in [5, 5.41) is 7.14. The number of rotatable bonds is 8. The number of nitrogens with one attached hydrogen (secondary N) is 1. The molecule has 0 aliphatic rings. The first kappa shape index (κ1) is 18.6. The van der Waals surface area contributed by atoms with E-state index in [1.54, 1.807) is 6.21 Å². The van der Waals surface area contributed by atoms with Crippen molar-refractivity contribution in [1.29, 1.82) is 0 Å². The predicted octanol–water partition coefficient (Wildman–Crippen LogP) is 4.85. The van der Waals surface area contributed by atoms with Crippen molar-refractivity contribution in [1.82, 2.24) is 0 Å². The maximum atomic E-state index is 6.06. The van der Waals surface area contributed by atoms with E-state index in [1.807, 2.05) is 37.3 Å². The van der Waals surface area contributed by atoms with Gasteiger partial charge in [-0.2, -0.15) is 0 Å². The molecule has 25 heavy (non-hydrogen) atoms. The predicted molar refractivity (Wildman–Crippen MR) is 105 cm³/mol. The van der Waals surface area contributed by atoms with Gasteiger partial charge in [-0.1, -0.05) is 41.6 Å². The molecule has 2 aromatic carbocycles. The number of oxime groups is 1. The first-order valence-corrected chi connectivity index (χ1v) is 8.38. The van der Waals surface area contributed by atoms with Gasteiger partial charge in [-0.15, -0.1) is 0 Å². The fourth-order valence-corrected chi connectivity index (χ4v) is 2.54. The zero-order chi connectivity index (χ0) is 18.1. The Morgan fingerprint density at radius 1 is 1.08 bits per heavy atom. The number of hydrogen-bond donors (Lipinski definition) is 1. The van der Waals surface area contributed by atoms with E-state index < -0.39 is 0 Å². The molecule has 1 N–H and O–H groups in total. The van der Waals surface area contributed by atoms with E-state index in [1.165, 1.54) is 7.11 Å². The SMILES string of the molecule is C/C=C/CNc1cc(C)c(OCc2ccc(C=NOC)cc2)c(C)c1. The van der Waals surface area contributed by atoms with Crippen LogP contribution in [0.3, 0.4) is 0 Å². The summed E-state index contributed by atoms with van der Waals surface area (Å²) in [6.45, 7) is 7.54. The van der Waals surface area contributed by atoms with Crippen LogP contribution in [0.1, 0.15) is 29.2 Å². The van der Waals surface area contributed by atoms with E-state index in [9.17, 15) is 0 Å². The third kappa shape index (κ3) is 5.68. The molecule has 4 heteroatoms. The summed E-state index contributed by atoms with van der Waals surface area (Å²) in [5.41, 5.74) is 5.49. The number of allylic oxidation sites excluding steroid dienone is 1. The van der Waals surface area contributed by atoms with Crippen molar-refractivity contribution < 1.29 is 9.57 Å². The largest absolute Gasteiger partial charge is 0.488 e. The van der Waals surface area contributed by atoms with E-state index in [4.69, 9.17) is 4.74 Å². The van der Waals surface area contributed by atoms with Crippen LogP contribution in [0.5, 0.6) is 5.75 Å². The van der Waals surface area contributed by atoms with Crippen molar-refractivity contribution in [3.8, 4) is 5.75 Å². The average molecular weight is 338 g/mol. The molecule has 132 valence electrons. The highest BCUT2D eigenvalue weighted by atomic mass is 16.6. The van der Waals surface area contributed by atoms with Gasteiger partial charge < -0.3 is 14.9 Å². The van der Waals surface area contributed by atoms with E-state index in [0.717, 1.165) is 40.2 Å². The Kier molecular flexibility index (Phi) is 7.08. The number of ether oxygens (including phenoxy) is 1. The minimum atomic E-state index is 0.536. The molecule has 0 aliphatic carbocycles. The van der Waals surface area contributed by atoms with Crippen molar-refractivity contribution in [2.75, 3.05) is 19.0 Å². The zero-order valence-electron chi connectivity index (χ0n) is 15.4. The molecule has 4 nitrogen and oxygen atoms in total. The smallest absolute Gasteiger partial charge is 0.125 e. The second-order valence-electron chi connectivity index (χ2n) is 5.84. The molecule has 0 unspecified atom stereocenters. The van der Waals surface area contributed by atoms with Crippen LogP contribution >= 0.6 is 0 Å². The molecule has 0 fully saturated rings. The van der Waals surface area contributed by atoms with Gasteiger partial charge in [0.1, 0.15) is 19.5 Å².